The van der Waals surface area contributed by atoms with Crippen LogP contribution in [0.1, 0.15) is 15.2 Å². The first kappa shape index (κ1) is 22.3. The molecule has 3 aromatic rings. The number of halogens is 1. The van der Waals surface area contributed by atoms with Gasteiger partial charge in [-0.3, -0.25) is 9.69 Å². The van der Waals surface area contributed by atoms with E-state index in [1.54, 1.807) is 17.5 Å². The molecule has 1 amide bonds. The summed E-state index contributed by atoms with van der Waals surface area (Å²) in [4.78, 5) is 26.9. The van der Waals surface area contributed by atoms with E-state index in [1.807, 2.05) is 35.2 Å². The molecule has 172 valence electrons. The average Bonchev–Trinajstić information content (AvgIpc) is 3.33. The number of benzene rings is 1. The molecule has 4 heterocycles. The minimum Gasteiger partial charge on any atom is -0.378 e. The summed E-state index contributed by atoms with van der Waals surface area (Å²) in [6, 6.07) is 16.1. The number of pyridine rings is 1. The van der Waals surface area contributed by atoms with E-state index in [0.29, 0.717) is 18.8 Å². The van der Waals surface area contributed by atoms with Crippen LogP contribution in [0.4, 0.5) is 5.82 Å². The zero-order valence-electron chi connectivity index (χ0n) is 18.5. The molecule has 0 spiro atoms. The third-order valence-electron chi connectivity index (χ3n) is 6.14. The third-order valence-corrected chi connectivity index (χ3v) is 7.49. The number of hydrogen-bond donors (Lipinski definition) is 0. The van der Waals surface area contributed by atoms with Gasteiger partial charge in [0.2, 0.25) is 0 Å². The predicted molar refractivity (Wildman–Crippen MR) is 133 cm³/mol. The maximum atomic E-state index is 13.3. The highest BCUT2D eigenvalue weighted by Crippen LogP contribution is 2.30. The number of nitrogens with zero attached hydrogens (tertiary/aromatic N) is 4. The fourth-order valence-electron chi connectivity index (χ4n) is 4.35. The Balaban J connectivity index is 1.19. The number of rotatable bonds is 5. The van der Waals surface area contributed by atoms with Crippen LogP contribution in [0.15, 0.2) is 54.7 Å². The Morgan fingerprint density at radius 1 is 1.00 bits per heavy atom. The second-order valence-electron chi connectivity index (χ2n) is 8.32. The smallest absolute Gasteiger partial charge is 0.257 e. The van der Waals surface area contributed by atoms with Gasteiger partial charge in [-0.15, -0.1) is 11.3 Å². The van der Waals surface area contributed by atoms with Crippen LogP contribution >= 0.6 is 22.9 Å². The van der Waals surface area contributed by atoms with Crippen LogP contribution < -0.4 is 4.90 Å². The Morgan fingerprint density at radius 2 is 1.82 bits per heavy atom. The molecule has 0 unspecified atom stereocenters. The molecule has 0 atom stereocenters. The number of piperazine rings is 1. The van der Waals surface area contributed by atoms with Gasteiger partial charge >= 0.3 is 0 Å². The molecular formula is C25H27ClN4O2S. The fraction of sp³-hybridized carbons (Fsp3) is 0.360. The van der Waals surface area contributed by atoms with E-state index in [2.05, 4.69) is 33.0 Å². The lowest BCUT2D eigenvalue weighted by molar-refractivity contribution is 0.0629. The number of anilines is 1. The summed E-state index contributed by atoms with van der Waals surface area (Å²) in [5.41, 5.74) is 1.85. The first-order valence-electron chi connectivity index (χ1n) is 11.3. The van der Waals surface area contributed by atoms with Crippen LogP contribution in [0.3, 0.4) is 0 Å². The van der Waals surface area contributed by atoms with Crippen molar-refractivity contribution in [1.29, 1.82) is 0 Å². The highest BCUT2D eigenvalue weighted by molar-refractivity contribution is 7.15. The first-order chi connectivity index (χ1) is 16.2. The van der Waals surface area contributed by atoms with Crippen molar-refractivity contribution in [2.24, 2.45) is 0 Å². The molecule has 0 aliphatic carbocycles. The summed E-state index contributed by atoms with van der Waals surface area (Å²) < 4.78 is 5.45. The zero-order valence-corrected chi connectivity index (χ0v) is 20.0. The van der Waals surface area contributed by atoms with Crippen LogP contribution in [-0.4, -0.2) is 73.2 Å². The maximum absolute atomic E-state index is 13.3. The summed E-state index contributed by atoms with van der Waals surface area (Å²) in [5, 5.41) is 0.758. The SMILES string of the molecule is O=C(c1cccnc1N1CCOCC1)N1CCN(Cc2ccc(-c3cccc(Cl)c3)s2)CC1. The second-order valence-corrected chi connectivity index (χ2v) is 9.92. The lowest BCUT2D eigenvalue weighted by Gasteiger charge is -2.35. The highest BCUT2D eigenvalue weighted by atomic mass is 35.5. The van der Waals surface area contributed by atoms with Gasteiger partial charge in [0.1, 0.15) is 5.82 Å². The van der Waals surface area contributed by atoms with E-state index in [4.69, 9.17) is 16.3 Å². The molecule has 0 saturated carbocycles. The van der Waals surface area contributed by atoms with Gasteiger partial charge < -0.3 is 14.5 Å². The van der Waals surface area contributed by atoms with Gasteiger partial charge in [-0.1, -0.05) is 23.7 Å². The fourth-order valence-corrected chi connectivity index (χ4v) is 5.59. The molecule has 0 N–H and O–H groups in total. The number of thiophene rings is 1. The molecule has 2 aromatic heterocycles. The second kappa shape index (κ2) is 10.2. The summed E-state index contributed by atoms with van der Waals surface area (Å²) in [6.45, 7) is 6.96. The molecule has 2 saturated heterocycles. The topological polar surface area (TPSA) is 48.9 Å². The van der Waals surface area contributed by atoms with E-state index >= 15 is 0 Å². The van der Waals surface area contributed by atoms with Crippen molar-refractivity contribution < 1.29 is 9.53 Å². The molecule has 6 nitrogen and oxygen atoms in total. The van der Waals surface area contributed by atoms with Crippen molar-refractivity contribution in [1.82, 2.24) is 14.8 Å². The standard InChI is InChI=1S/C25H27ClN4O2S/c26-20-4-1-3-19(17-20)23-7-6-21(33-23)18-28-9-11-30(12-10-28)25(31)22-5-2-8-27-24(22)29-13-15-32-16-14-29/h1-8,17H,9-16,18H2. The Bertz CT molecular complexity index is 1110. The molecule has 1 aromatic carbocycles. The molecule has 0 bridgehead atoms. The number of carbonyl (C=O) groups excluding carboxylic acids is 1. The van der Waals surface area contributed by atoms with Gasteiger partial charge in [0.15, 0.2) is 0 Å². The lowest BCUT2D eigenvalue weighted by Crippen LogP contribution is -2.48. The predicted octanol–water partition coefficient (Wildman–Crippen LogP) is 4.26. The number of carbonyl (C=O) groups is 1. The normalized spacial score (nSPS) is 17.4. The van der Waals surface area contributed by atoms with Gasteiger partial charge in [-0.2, -0.15) is 0 Å². The van der Waals surface area contributed by atoms with Gasteiger partial charge in [0, 0.05) is 66.8 Å². The third kappa shape index (κ3) is 5.22. The van der Waals surface area contributed by atoms with Gasteiger partial charge in [-0.25, -0.2) is 4.98 Å². The van der Waals surface area contributed by atoms with Crippen molar-refractivity contribution in [2.75, 3.05) is 57.4 Å². The van der Waals surface area contributed by atoms with Crippen molar-refractivity contribution in [3.8, 4) is 10.4 Å². The van der Waals surface area contributed by atoms with E-state index in [9.17, 15) is 4.79 Å². The van der Waals surface area contributed by atoms with Crippen LogP contribution in [0, 0.1) is 0 Å². The van der Waals surface area contributed by atoms with Crippen LogP contribution in [0.2, 0.25) is 5.02 Å². The summed E-state index contributed by atoms with van der Waals surface area (Å²) in [5.74, 6) is 0.851. The van der Waals surface area contributed by atoms with E-state index in [-0.39, 0.29) is 5.91 Å². The number of aromatic nitrogens is 1. The Kier molecular flexibility index (Phi) is 6.92. The Hall–Kier alpha value is -2.45. The van der Waals surface area contributed by atoms with Crippen molar-refractivity contribution in [3.63, 3.8) is 0 Å². The molecule has 33 heavy (non-hydrogen) atoms. The minimum atomic E-state index is 0.0728. The monoisotopic (exact) mass is 482 g/mol. The largest absolute Gasteiger partial charge is 0.378 e. The van der Waals surface area contributed by atoms with Crippen molar-refractivity contribution >= 4 is 34.7 Å². The number of amides is 1. The Morgan fingerprint density at radius 3 is 2.61 bits per heavy atom. The molecule has 8 heteroatoms. The molecule has 2 aliphatic rings. The van der Waals surface area contributed by atoms with Gasteiger partial charge in [0.25, 0.3) is 5.91 Å². The van der Waals surface area contributed by atoms with E-state index < -0.39 is 0 Å². The maximum Gasteiger partial charge on any atom is 0.257 e. The van der Waals surface area contributed by atoms with Crippen LogP contribution in [0.5, 0.6) is 0 Å². The van der Waals surface area contributed by atoms with Crippen molar-refractivity contribution in [2.45, 2.75) is 6.54 Å². The Labute approximate surface area is 203 Å². The molecular weight excluding hydrogens is 456 g/mol. The zero-order chi connectivity index (χ0) is 22.6. The summed E-state index contributed by atoms with van der Waals surface area (Å²) in [7, 11) is 0. The van der Waals surface area contributed by atoms with Gasteiger partial charge in [0.05, 0.1) is 18.8 Å². The summed E-state index contributed by atoms with van der Waals surface area (Å²) >= 11 is 7.95. The molecule has 0 radical (unpaired) electrons. The molecule has 5 rings (SSSR count). The number of ether oxygens (including phenoxy) is 1. The van der Waals surface area contributed by atoms with E-state index in [1.165, 1.54) is 9.75 Å². The first-order valence-corrected chi connectivity index (χ1v) is 12.5. The highest BCUT2D eigenvalue weighted by Gasteiger charge is 2.26. The van der Waals surface area contributed by atoms with Crippen LogP contribution in [-0.2, 0) is 11.3 Å². The number of morpholine rings is 1. The van der Waals surface area contributed by atoms with Gasteiger partial charge in [-0.05, 0) is 42.0 Å². The van der Waals surface area contributed by atoms with Crippen molar-refractivity contribution in [3.05, 3.63) is 70.2 Å². The lowest BCUT2D eigenvalue weighted by atomic mass is 10.1. The van der Waals surface area contributed by atoms with E-state index in [0.717, 1.165) is 62.2 Å². The number of hydrogen-bond acceptors (Lipinski definition) is 6. The minimum absolute atomic E-state index is 0.0728. The average molecular weight is 483 g/mol. The summed E-state index contributed by atoms with van der Waals surface area (Å²) in [6.07, 6.45) is 1.76. The quantitative estimate of drug-likeness (QED) is 0.544. The molecule has 2 aliphatic heterocycles. The van der Waals surface area contributed by atoms with Crippen LogP contribution in [0.25, 0.3) is 10.4 Å². The molecule has 2 fully saturated rings.